The number of morpholine rings is 1. The first-order valence-electron chi connectivity index (χ1n) is 8.38. The van der Waals surface area contributed by atoms with Crippen LogP contribution in [0.3, 0.4) is 0 Å². The number of anilines is 2. The van der Waals surface area contributed by atoms with Gasteiger partial charge in [-0.25, -0.2) is 0 Å². The van der Waals surface area contributed by atoms with E-state index in [9.17, 15) is 9.59 Å². The maximum absolute atomic E-state index is 12.5. The number of rotatable bonds is 4. The van der Waals surface area contributed by atoms with Crippen LogP contribution in [0.25, 0.3) is 0 Å². The molecule has 1 aliphatic rings. The topological polar surface area (TPSA) is 75.9 Å². The molecule has 1 aromatic rings. The van der Waals surface area contributed by atoms with Crippen LogP contribution in [0.4, 0.5) is 11.4 Å². The Morgan fingerprint density at radius 2 is 1.96 bits per heavy atom. The van der Waals surface area contributed by atoms with Gasteiger partial charge in [-0.2, -0.15) is 0 Å². The van der Waals surface area contributed by atoms with Crippen LogP contribution in [0.1, 0.15) is 20.8 Å². The molecule has 26 heavy (non-hydrogen) atoms. The van der Waals surface area contributed by atoms with E-state index in [0.717, 1.165) is 5.69 Å². The molecule has 0 bridgehead atoms. The Labute approximate surface area is 159 Å². The lowest BCUT2D eigenvalue weighted by atomic mass is 9.84. The summed E-state index contributed by atoms with van der Waals surface area (Å²) in [5.41, 5.74) is 6.26. The van der Waals surface area contributed by atoms with Crippen LogP contribution in [-0.4, -0.2) is 44.2 Å². The molecule has 0 radical (unpaired) electrons. The molecule has 1 fully saturated rings. The molecule has 1 unspecified atom stereocenters. The van der Waals surface area contributed by atoms with Crippen LogP contribution in [0.15, 0.2) is 18.2 Å². The van der Waals surface area contributed by atoms with E-state index in [1.807, 2.05) is 20.8 Å². The van der Waals surface area contributed by atoms with E-state index in [1.165, 1.54) is 4.90 Å². The number of nitrogens with zero attached hydrogens (tertiary/aromatic N) is 2. The number of carbonyl (C=O) groups excluding carboxylic acids is 2. The molecule has 0 aromatic heterocycles. The average Bonchev–Trinajstić information content (AvgIpc) is 2.59. The third-order valence-electron chi connectivity index (χ3n) is 4.25. The molecular formula is C19H24ClN3O3. The molecule has 140 valence electrons. The number of amides is 2. The lowest BCUT2D eigenvalue weighted by Gasteiger charge is -2.37. The average molecular weight is 378 g/mol. The van der Waals surface area contributed by atoms with Crippen molar-refractivity contribution in [1.82, 2.24) is 0 Å². The van der Waals surface area contributed by atoms with Gasteiger partial charge in [0.05, 0.1) is 23.9 Å². The number of carbonyl (C=O) groups is 2. The summed E-state index contributed by atoms with van der Waals surface area (Å²) in [6.45, 7) is 8.06. The van der Waals surface area contributed by atoms with Gasteiger partial charge in [0.1, 0.15) is 6.04 Å². The van der Waals surface area contributed by atoms with E-state index >= 15 is 0 Å². The predicted molar refractivity (Wildman–Crippen MR) is 103 cm³/mol. The lowest BCUT2D eigenvalue weighted by Crippen LogP contribution is -2.54. The fourth-order valence-corrected chi connectivity index (χ4v) is 3.33. The van der Waals surface area contributed by atoms with Crippen LogP contribution in [-0.2, 0) is 14.3 Å². The number of terminal acetylenes is 1. The Bertz CT molecular complexity index is 731. The van der Waals surface area contributed by atoms with Crippen molar-refractivity contribution in [3.63, 3.8) is 0 Å². The molecular weight excluding hydrogens is 354 g/mol. The summed E-state index contributed by atoms with van der Waals surface area (Å²) in [4.78, 5) is 28.0. The Balaban J connectivity index is 2.53. The molecule has 6 nitrogen and oxygen atoms in total. The van der Waals surface area contributed by atoms with Crippen molar-refractivity contribution >= 4 is 34.8 Å². The number of primary amides is 1. The van der Waals surface area contributed by atoms with Crippen molar-refractivity contribution in [1.29, 1.82) is 0 Å². The van der Waals surface area contributed by atoms with Gasteiger partial charge >= 0.3 is 5.91 Å². The third-order valence-corrected chi connectivity index (χ3v) is 4.57. The monoisotopic (exact) mass is 377 g/mol. The molecule has 2 N–H and O–H groups in total. The van der Waals surface area contributed by atoms with Crippen LogP contribution in [0, 0.1) is 17.8 Å². The molecule has 1 saturated heterocycles. The standard InChI is InChI=1S/C19H24ClN3O3/c1-5-16(24)23(17(18(21)25)19(2,3)4)13-6-7-14(20)15(12-13)22-8-10-26-11-9-22/h1,6-7,12,17H,8-11H2,2-4H3,(H2,21,25). The Kier molecular flexibility index (Phi) is 6.17. The molecule has 0 aliphatic carbocycles. The van der Waals surface area contributed by atoms with E-state index < -0.39 is 23.3 Å². The predicted octanol–water partition coefficient (Wildman–Crippen LogP) is 2.04. The normalized spacial score (nSPS) is 15.9. The summed E-state index contributed by atoms with van der Waals surface area (Å²) in [6, 6.07) is 4.23. The minimum Gasteiger partial charge on any atom is -0.378 e. The molecule has 1 heterocycles. The highest BCUT2D eigenvalue weighted by molar-refractivity contribution is 6.33. The second-order valence-corrected chi connectivity index (χ2v) is 7.63. The first kappa shape index (κ1) is 20.1. The van der Waals surface area contributed by atoms with Crippen LogP contribution in [0.2, 0.25) is 5.02 Å². The number of halogens is 1. The second kappa shape index (κ2) is 7.98. The zero-order valence-corrected chi connectivity index (χ0v) is 16.0. The van der Waals surface area contributed by atoms with Crippen molar-refractivity contribution in [3.05, 3.63) is 23.2 Å². The highest BCUT2D eigenvalue weighted by Crippen LogP contribution is 2.35. The fourth-order valence-electron chi connectivity index (χ4n) is 3.09. The lowest BCUT2D eigenvalue weighted by molar-refractivity contribution is -0.124. The maximum atomic E-state index is 12.5. The molecule has 2 rings (SSSR count). The van der Waals surface area contributed by atoms with Crippen molar-refractivity contribution in [2.75, 3.05) is 36.1 Å². The molecule has 1 aliphatic heterocycles. The van der Waals surface area contributed by atoms with E-state index in [1.54, 1.807) is 18.2 Å². The third kappa shape index (κ3) is 4.29. The van der Waals surface area contributed by atoms with Gasteiger partial charge in [-0.05, 0) is 29.5 Å². The summed E-state index contributed by atoms with van der Waals surface area (Å²) in [6.07, 6.45) is 5.36. The van der Waals surface area contributed by atoms with E-state index in [4.69, 9.17) is 28.5 Å². The van der Waals surface area contributed by atoms with Crippen molar-refractivity contribution in [2.45, 2.75) is 26.8 Å². The van der Waals surface area contributed by atoms with E-state index in [-0.39, 0.29) is 0 Å². The van der Waals surface area contributed by atoms with Crippen LogP contribution in [0.5, 0.6) is 0 Å². The summed E-state index contributed by atoms with van der Waals surface area (Å²) in [5, 5.41) is 0.551. The quantitative estimate of drug-likeness (QED) is 0.815. The van der Waals surface area contributed by atoms with Gasteiger partial charge in [0.15, 0.2) is 0 Å². The highest BCUT2D eigenvalue weighted by Gasteiger charge is 2.38. The highest BCUT2D eigenvalue weighted by atomic mass is 35.5. The summed E-state index contributed by atoms with van der Waals surface area (Å²) < 4.78 is 5.37. The number of hydrogen-bond acceptors (Lipinski definition) is 4. The minimum atomic E-state index is -0.898. The summed E-state index contributed by atoms with van der Waals surface area (Å²) >= 11 is 6.36. The molecule has 0 spiro atoms. The molecule has 7 heteroatoms. The van der Waals surface area contributed by atoms with Crippen molar-refractivity contribution in [2.24, 2.45) is 11.1 Å². The van der Waals surface area contributed by atoms with Crippen molar-refractivity contribution < 1.29 is 14.3 Å². The zero-order chi connectivity index (χ0) is 19.5. The van der Waals surface area contributed by atoms with E-state index in [2.05, 4.69) is 10.8 Å². The van der Waals surface area contributed by atoms with Crippen molar-refractivity contribution in [3.8, 4) is 12.3 Å². The van der Waals surface area contributed by atoms with E-state index in [0.29, 0.717) is 37.0 Å². The Morgan fingerprint density at radius 1 is 1.35 bits per heavy atom. The first-order valence-corrected chi connectivity index (χ1v) is 8.76. The van der Waals surface area contributed by atoms with Gasteiger partial charge in [-0.3, -0.25) is 14.5 Å². The van der Waals surface area contributed by atoms with Gasteiger partial charge in [0, 0.05) is 18.8 Å². The second-order valence-electron chi connectivity index (χ2n) is 7.23. The molecule has 2 amide bonds. The Morgan fingerprint density at radius 3 is 2.46 bits per heavy atom. The smallest absolute Gasteiger partial charge is 0.303 e. The van der Waals surface area contributed by atoms with Crippen LogP contribution >= 0.6 is 11.6 Å². The largest absolute Gasteiger partial charge is 0.378 e. The zero-order valence-electron chi connectivity index (χ0n) is 15.3. The number of benzene rings is 1. The molecule has 1 aromatic carbocycles. The maximum Gasteiger partial charge on any atom is 0.303 e. The molecule has 0 saturated carbocycles. The Hall–Kier alpha value is -2.23. The first-order chi connectivity index (χ1) is 12.2. The van der Waals surface area contributed by atoms with Gasteiger partial charge in [-0.15, -0.1) is 6.42 Å². The minimum absolute atomic E-state index is 0.484. The summed E-state index contributed by atoms with van der Waals surface area (Å²) in [5.74, 6) is 0.850. The van der Waals surface area contributed by atoms with Gasteiger partial charge < -0.3 is 15.4 Å². The summed E-state index contributed by atoms with van der Waals surface area (Å²) in [7, 11) is 0. The van der Waals surface area contributed by atoms with Gasteiger partial charge in [0.2, 0.25) is 5.91 Å². The SMILES string of the molecule is C#CC(=O)N(c1ccc(Cl)c(N2CCOCC2)c1)C(C(N)=O)C(C)(C)C. The van der Waals surface area contributed by atoms with Gasteiger partial charge in [0.25, 0.3) is 0 Å². The fraction of sp³-hybridized carbons (Fsp3) is 0.474. The van der Waals surface area contributed by atoms with Gasteiger partial charge in [-0.1, -0.05) is 32.4 Å². The number of ether oxygens (including phenoxy) is 1. The molecule has 1 atom stereocenters. The van der Waals surface area contributed by atoms with Crippen LogP contribution < -0.4 is 15.5 Å². The number of hydrogen-bond donors (Lipinski definition) is 1. The number of nitrogens with two attached hydrogens (primary N) is 1.